The Labute approximate surface area is 113 Å². The molecule has 1 aromatic carbocycles. The van der Waals surface area contributed by atoms with Gasteiger partial charge < -0.3 is 5.32 Å². The number of nitrogens with one attached hydrogen (secondary N) is 1. The normalized spacial score (nSPS) is 10.3. The molecular weight excluding hydrogens is 274 g/mol. The summed E-state index contributed by atoms with van der Waals surface area (Å²) < 4.78 is 26.7. The van der Waals surface area contributed by atoms with Gasteiger partial charge in [-0.05, 0) is 24.3 Å². The first kappa shape index (κ1) is 13.4. The second-order valence-corrected chi connectivity index (χ2v) is 4.18. The molecule has 1 amide bonds. The van der Waals surface area contributed by atoms with Crippen LogP contribution in [0.25, 0.3) is 0 Å². The van der Waals surface area contributed by atoms with Gasteiger partial charge in [0.05, 0.1) is 18.3 Å². The minimum Gasteiger partial charge on any atom is -0.324 e. The third kappa shape index (κ3) is 3.48. The predicted molar refractivity (Wildman–Crippen MR) is 67.9 cm³/mol. The highest BCUT2D eigenvalue weighted by Gasteiger charge is 2.13. The summed E-state index contributed by atoms with van der Waals surface area (Å²) in [6, 6.07) is 6.51. The van der Waals surface area contributed by atoms with Crippen molar-refractivity contribution in [3.63, 3.8) is 0 Å². The lowest BCUT2D eigenvalue weighted by Crippen LogP contribution is -2.16. The van der Waals surface area contributed by atoms with Crippen molar-refractivity contribution >= 4 is 23.2 Å². The summed E-state index contributed by atoms with van der Waals surface area (Å²) in [5.74, 6) is -2.03. The monoisotopic (exact) mass is 282 g/mol. The highest BCUT2D eigenvalue weighted by atomic mass is 35.5. The van der Waals surface area contributed by atoms with Crippen LogP contribution in [0, 0.1) is 11.6 Å². The molecule has 0 aliphatic carbocycles. The molecule has 2 rings (SSSR count). The zero-order valence-corrected chi connectivity index (χ0v) is 10.4. The highest BCUT2D eigenvalue weighted by molar-refractivity contribution is 6.29. The molecule has 3 nitrogen and oxygen atoms in total. The van der Waals surface area contributed by atoms with Gasteiger partial charge in [-0.2, -0.15) is 0 Å². The van der Waals surface area contributed by atoms with Crippen LogP contribution in [-0.2, 0) is 11.2 Å². The Morgan fingerprint density at radius 2 is 1.89 bits per heavy atom. The Hall–Kier alpha value is -2.01. The molecular formula is C13H9ClF2N2O. The SMILES string of the molecule is O=C(Cc1c(F)cccc1F)Nc1ccc(Cl)nc1. The van der Waals surface area contributed by atoms with Gasteiger partial charge in [0.15, 0.2) is 0 Å². The van der Waals surface area contributed by atoms with E-state index in [1.54, 1.807) is 6.07 Å². The van der Waals surface area contributed by atoms with Crippen LogP contribution in [0.5, 0.6) is 0 Å². The van der Waals surface area contributed by atoms with E-state index in [2.05, 4.69) is 10.3 Å². The summed E-state index contributed by atoms with van der Waals surface area (Å²) >= 11 is 5.60. The van der Waals surface area contributed by atoms with E-state index >= 15 is 0 Å². The average molecular weight is 283 g/mol. The zero-order valence-electron chi connectivity index (χ0n) is 9.66. The molecule has 19 heavy (non-hydrogen) atoms. The van der Waals surface area contributed by atoms with Crippen molar-refractivity contribution in [3.05, 3.63) is 58.9 Å². The van der Waals surface area contributed by atoms with Crippen LogP contribution >= 0.6 is 11.6 Å². The van der Waals surface area contributed by atoms with Crippen molar-refractivity contribution in [1.29, 1.82) is 0 Å². The van der Waals surface area contributed by atoms with E-state index in [1.807, 2.05) is 0 Å². The van der Waals surface area contributed by atoms with Gasteiger partial charge in [0.2, 0.25) is 5.91 Å². The number of carbonyl (C=O) groups is 1. The quantitative estimate of drug-likeness (QED) is 0.879. The minimum absolute atomic E-state index is 0.262. The van der Waals surface area contributed by atoms with Gasteiger partial charge in [-0.3, -0.25) is 4.79 Å². The molecule has 0 bridgehead atoms. The number of benzene rings is 1. The van der Waals surface area contributed by atoms with Gasteiger partial charge in [0.1, 0.15) is 16.8 Å². The van der Waals surface area contributed by atoms with Crippen LogP contribution in [0.2, 0.25) is 5.15 Å². The van der Waals surface area contributed by atoms with Crippen LogP contribution in [0.15, 0.2) is 36.5 Å². The molecule has 0 unspecified atom stereocenters. The lowest BCUT2D eigenvalue weighted by atomic mass is 10.1. The second kappa shape index (κ2) is 5.75. The molecule has 0 spiro atoms. The Kier molecular flexibility index (Phi) is 4.06. The summed E-state index contributed by atoms with van der Waals surface area (Å²) in [6.07, 6.45) is 0.971. The number of pyridine rings is 1. The van der Waals surface area contributed by atoms with Gasteiger partial charge in [0.25, 0.3) is 0 Å². The first-order valence-corrected chi connectivity index (χ1v) is 5.78. The zero-order chi connectivity index (χ0) is 13.8. The predicted octanol–water partition coefficient (Wildman–Crippen LogP) is 3.19. The number of carbonyl (C=O) groups excluding carboxylic acids is 1. The van der Waals surface area contributed by atoms with Crippen molar-refractivity contribution < 1.29 is 13.6 Å². The van der Waals surface area contributed by atoms with Crippen LogP contribution < -0.4 is 5.32 Å². The van der Waals surface area contributed by atoms with E-state index in [0.717, 1.165) is 12.1 Å². The molecule has 0 saturated heterocycles. The summed E-state index contributed by atoms with van der Waals surface area (Å²) in [5, 5.41) is 2.77. The molecule has 1 aromatic heterocycles. The number of nitrogens with zero attached hydrogens (tertiary/aromatic N) is 1. The molecule has 98 valence electrons. The molecule has 0 aliphatic heterocycles. The molecule has 0 saturated carbocycles. The molecule has 0 radical (unpaired) electrons. The summed E-state index contributed by atoms with van der Waals surface area (Å²) in [7, 11) is 0. The first-order chi connectivity index (χ1) is 9.06. The van der Waals surface area contributed by atoms with Gasteiger partial charge in [-0.1, -0.05) is 17.7 Å². The van der Waals surface area contributed by atoms with Crippen LogP contribution in [-0.4, -0.2) is 10.9 Å². The fourth-order valence-electron chi connectivity index (χ4n) is 1.52. The van der Waals surface area contributed by atoms with Gasteiger partial charge in [0, 0.05) is 5.56 Å². The molecule has 0 atom stereocenters. The van der Waals surface area contributed by atoms with Gasteiger partial charge in [-0.15, -0.1) is 0 Å². The minimum atomic E-state index is -0.746. The molecule has 0 aliphatic rings. The Morgan fingerprint density at radius 3 is 2.47 bits per heavy atom. The van der Waals surface area contributed by atoms with Crippen LogP contribution in [0.3, 0.4) is 0 Å². The summed E-state index contributed by atoms with van der Waals surface area (Å²) in [6.45, 7) is 0. The summed E-state index contributed by atoms with van der Waals surface area (Å²) in [4.78, 5) is 15.4. The lowest BCUT2D eigenvalue weighted by molar-refractivity contribution is -0.115. The number of rotatable bonds is 3. The maximum absolute atomic E-state index is 13.4. The molecule has 1 heterocycles. The molecule has 1 N–H and O–H groups in total. The lowest BCUT2D eigenvalue weighted by Gasteiger charge is -2.06. The van der Waals surface area contributed by atoms with E-state index in [1.165, 1.54) is 18.3 Å². The molecule has 6 heteroatoms. The number of amides is 1. The average Bonchev–Trinajstić information content (AvgIpc) is 2.37. The number of anilines is 1. The van der Waals surface area contributed by atoms with Gasteiger partial charge in [-0.25, -0.2) is 13.8 Å². The fourth-order valence-corrected chi connectivity index (χ4v) is 1.63. The van der Waals surface area contributed by atoms with Crippen molar-refractivity contribution in [2.75, 3.05) is 5.32 Å². The number of halogens is 3. The molecule has 0 fully saturated rings. The third-order valence-corrected chi connectivity index (χ3v) is 2.63. The van der Waals surface area contributed by atoms with Crippen molar-refractivity contribution in [1.82, 2.24) is 4.98 Å². The summed E-state index contributed by atoms with van der Waals surface area (Å²) in [5.41, 5.74) is 0.146. The Morgan fingerprint density at radius 1 is 1.21 bits per heavy atom. The van der Waals surface area contributed by atoms with E-state index in [4.69, 9.17) is 11.6 Å². The number of hydrogen-bond donors (Lipinski definition) is 1. The van der Waals surface area contributed by atoms with Gasteiger partial charge >= 0.3 is 0 Å². The van der Waals surface area contributed by atoms with Crippen molar-refractivity contribution in [2.45, 2.75) is 6.42 Å². The van der Waals surface area contributed by atoms with E-state index in [9.17, 15) is 13.6 Å². The van der Waals surface area contributed by atoms with E-state index in [0.29, 0.717) is 5.69 Å². The van der Waals surface area contributed by atoms with Crippen LogP contribution in [0.1, 0.15) is 5.56 Å². The maximum Gasteiger partial charge on any atom is 0.229 e. The third-order valence-electron chi connectivity index (χ3n) is 2.41. The topological polar surface area (TPSA) is 42.0 Å². The molecule has 2 aromatic rings. The standard InChI is InChI=1S/C13H9ClF2N2O/c14-12-5-4-8(7-17-12)18-13(19)6-9-10(15)2-1-3-11(9)16/h1-5,7H,6H2,(H,18,19). The number of aromatic nitrogens is 1. The fraction of sp³-hybridized carbons (Fsp3) is 0.0769. The second-order valence-electron chi connectivity index (χ2n) is 3.79. The van der Waals surface area contributed by atoms with Crippen molar-refractivity contribution in [3.8, 4) is 0 Å². The van der Waals surface area contributed by atoms with E-state index < -0.39 is 17.5 Å². The Balaban J connectivity index is 2.07. The van der Waals surface area contributed by atoms with Crippen LogP contribution in [0.4, 0.5) is 14.5 Å². The smallest absolute Gasteiger partial charge is 0.229 e. The largest absolute Gasteiger partial charge is 0.324 e. The Bertz CT molecular complexity index is 582. The van der Waals surface area contributed by atoms with Crippen molar-refractivity contribution in [2.24, 2.45) is 0 Å². The van der Waals surface area contributed by atoms with E-state index in [-0.39, 0.29) is 17.1 Å². The number of hydrogen-bond acceptors (Lipinski definition) is 2. The highest BCUT2D eigenvalue weighted by Crippen LogP contribution is 2.14. The maximum atomic E-state index is 13.4. The first-order valence-electron chi connectivity index (χ1n) is 5.40.